The number of nitrogens with zero attached hydrogens (tertiary/aromatic N) is 4. The van der Waals surface area contributed by atoms with Crippen LogP contribution in [0.15, 0.2) is 48.8 Å². The van der Waals surface area contributed by atoms with Gasteiger partial charge < -0.3 is 19.8 Å². The molecule has 9 nitrogen and oxygen atoms in total. The molecule has 2 aliphatic carbocycles. The Morgan fingerprint density at radius 2 is 1.54 bits per heavy atom. The van der Waals surface area contributed by atoms with Crippen LogP contribution < -0.4 is 4.90 Å². The number of aliphatic carboxylic acids is 2. The van der Waals surface area contributed by atoms with Crippen molar-refractivity contribution in [2.45, 2.75) is 57.8 Å². The Hall–Kier alpha value is -3.37. The van der Waals surface area contributed by atoms with E-state index in [1.54, 1.807) is 0 Å². The first-order valence-corrected chi connectivity index (χ1v) is 13.4. The summed E-state index contributed by atoms with van der Waals surface area (Å²) in [5.41, 5.74) is 3.34. The molecule has 2 aliphatic heterocycles. The van der Waals surface area contributed by atoms with Gasteiger partial charge in [0.15, 0.2) is 5.82 Å². The van der Waals surface area contributed by atoms with Gasteiger partial charge in [0, 0.05) is 44.4 Å². The van der Waals surface area contributed by atoms with E-state index < -0.39 is 11.9 Å². The minimum absolute atomic E-state index is 0.0797. The molecule has 10 heteroatoms. The Labute approximate surface area is 227 Å². The van der Waals surface area contributed by atoms with Crippen LogP contribution in [0, 0.1) is 16.6 Å². The topological polar surface area (TPSA) is 116 Å². The van der Waals surface area contributed by atoms with E-state index in [1.807, 2.05) is 0 Å². The van der Waals surface area contributed by atoms with Crippen LogP contribution in [0.3, 0.4) is 0 Å². The van der Waals surface area contributed by atoms with Crippen LogP contribution in [0.2, 0.25) is 0 Å². The lowest BCUT2D eigenvalue weighted by atomic mass is 9.71. The summed E-state index contributed by atoms with van der Waals surface area (Å²) in [5, 5.41) is 15.6. The number of fused-ring (bicyclic) bond motifs is 3. The summed E-state index contributed by atoms with van der Waals surface area (Å²) < 4.78 is 19.7. The number of ether oxygens (including phenoxy) is 1. The van der Waals surface area contributed by atoms with E-state index >= 15 is 0 Å². The molecular formula is C29H35FN4O5. The highest BCUT2D eigenvalue weighted by molar-refractivity contribution is 5.89. The zero-order valence-corrected chi connectivity index (χ0v) is 22.3. The maximum Gasteiger partial charge on any atom is 0.328 e. The smallest absolute Gasteiger partial charge is 0.328 e. The Balaban J connectivity index is 0.000000339. The van der Waals surface area contributed by atoms with Crippen molar-refractivity contribution >= 4 is 17.9 Å². The van der Waals surface area contributed by atoms with Crippen LogP contribution in [0.5, 0.6) is 0 Å². The second-order valence-electron chi connectivity index (χ2n) is 11.7. The minimum atomic E-state index is -1.26. The zero-order chi connectivity index (χ0) is 27.8. The highest BCUT2D eigenvalue weighted by Crippen LogP contribution is 2.70. The number of rotatable bonds is 4. The van der Waals surface area contributed by atoms with Crippen LogP contribution in [-0.2, 0) is 26.5 Å². The third-order valence-electron chi connectivity index (χ3n) is 9.28. The lowest BCUT2D eigenvalue weighted by molar-refractivity contribution is -0.134. The third-order valence-corrected chi connectivity index (χ3v) is 9.28. The number of piperazine rings is 1. The maximum atomic E-state index is 13.1. The Bertz CT molecular complexity index is 1230. The standard InChI is InChI=1S/C25H31FN4O.C4H4O4/c1-23-11-20(29-7-9-30(10-8-29)22-27-13-19(26)14-28-22)12-24(23,2)17-25(16-23)21-6-4-3-5-18(21)15-31-25;5-3(6)1-2-4(7)8/h3-6,13-14,20H,7-12,15-17H2,1-2H3;1-2H,(H,5,6)(H,7,8)/b;2-1+. The molecule has 39 heavy (non-hydrogen) atoms. The molecule has 1 spiro atoms. The molecule has 1 saturated heterocycles. The first-order valence-electron chi connectivity index (χ1n) is 13.4. The van der Waals surface area contributed by atoms with Gasteiger partial charge in [0.25, 0.3) is 0 Å². The average molecular weight is 539 g/mol. The molecule has 2 N–H and O–H groups in total. The summed E-state index contributed by atoms with van der Waals surface area (Å²) >= 11 is 0. The van der Waals surface area contributed by atoms with E-state index in [0.717, 1.165) is 45.6 Å². The second-order valence-corrected chi connectivity index (χ2v) is 11.7. The molecule has 0 radical (unpaired) electrons. The number of carboxylic acid groups (broad SMARTS) is 2. The maximum absolute atomic E-state index is 13.1. The third kappa shape index (κ3) is 5.27. The van der Waals surface area contributed by atoms with Gasteiger partial charge in [-0.25, -0.2) is 23.9 Å². The van der Waals surface area contributed by atoms with E-state index in [-0.39, 0.29) is 11.4 Å². The molecule has 2 saturated carbocycles. The number of hydrogen-bond donors (Lipinski definition) is 2. The fourth-order valence-corrected chi connectivity index (χ4v) is 7.33. The van der Waals surface area contributed by atoms with Gasteiger partial charge >= 0.3 is 11.9 Å². The van der Waals surface area contributed by atoms with Crippen LogP contribution in [0.1, 0.15) is 50.7 Å². The van der Waals surface area contributed by atoms with Crippen molar-refractivity contribution in [1.82, 2.24) is 14.9 Å². The summed E-state index contributed by atoms with van der Waals surface area (Å²) in [6.07, 6.45) is 8.38. The summed E-state index contributed by atoms with van der Waals surface area (Å²) in [6.45, 7) is 9.61. The molecule has 0 amide bonds. The van der Waals surface area contributed by atoms with Gasteiger partial charge in [-0.3, -0.25) is 4.90 Å². The summed E-state index contributed by atoms with van der Waals surface area (Å²) in [6, 6.07) is 9.45. The monoisotopic (exact) mass is 538 g/mol. The number of anilines is 1. The molecule has 1 aromatic heterocycles. The average Bonchev–Trinajstić information content (AvgIpc) is 3.45. The van der Waals surface area contributed by atoms with Crippen molar-refractivity contribution in [3.63, 3.8) is 0 Å². The van der Waals surface area contributed by atoms with Gasteiger partial charge in [-0.15, -0.1) is 0 Å². The van der Waals surface area contributed by atoms with Crippen molar-refractivity contribution < 1.29 is 28.9 Å². The predicted molar refractivity (Wildman–Crippen MR) is 142 cm³/mol. The van der Waals surface area contributed by atoms with Crippen LogP contribution >= 0.6 is 0 Å². The molecular weight excluding hydrogens is 503 g/mol. The number of benzene rings is 1. The molecule has 208 valence electrons. The molecule has 2 unspecified atom stereocenters. The van der Waals surface area contributed by atoms with Crippen molar-refractivity contribution in [1.29, 1.82) is 0 Å². The first-order chi connectivity index (χ1) is 18.5. The van der Waals surface area contributed by atoms with Crippen LogP contribution in [-0.4, -0.2) is 69.2 Å². The van der Waals surface area contributed by atoms with Gasteiger partial charge in [0.2, 0.25) is 5.95 Å². The molecule has 0 bridgehead atoms. The minimum Gasteiger partial charge on any atom is -0.478 e. The molecule has 2 atom stereocenters. The predicted octanol–water partition coefficient (Wildman–Crippen LogP) is 3.84. The second kappa shape index (κ2) is 10.3. The largest absolute Gasteiger partial charge is 0.478 e. The Kier molecular flexibility index (Phi) is 7.19. The fourth-order valence-electron chi connectivity index (χ4n) is 7.33. The lowest BCUT2D eigenvalue weighted by Crippen LogP contribution is -2.50. The molecule has 2 aromatic rings. The lowest BCUT2D eigenvalue weighted by Gasteiger charge is -2.39. The number of carbonyl (C=O) groups is 2. The van der Waals surface area contributed by atoms with Crippen LogP contribution in [0.25, 0.3) is 0 Å². The quantitative estimate of drug-likeness (QED) is 0.560. The van der Waals surface area contributed by atoms with Crippen molar-refractivity contribution in [3.05, 3.63) is 65.8 Å². The number of aromatic nitrogens is 2. The highest BCUT2D eigenvalue weighted by atomic mass is 19.1. The van der Waals surface area contributed by atoms with E-state index in [1.165, 1.54) is 36.4 Å². The van der Waals surface area contributed by atoms with Gasteiger partial charge in [-0.2, -0.15) is 0 Å². The van der Waals surface area contributed by atoms with Crippen LogP contribution in [0.4, 0.5) is 10.3 Å². The fraction of sp³-hybridized carbons (Fsp3) is 0.517. The molecule has 4 aliphatic rings. The normalized spacial score (nSPS) is 31.7. The van der Waals surface area contributed by atoms with Gasteiger partial charge in [0.1, 0.15) is 0 Å². The van der Waals surface area contributed by atoms with Crippen molar-refractivity contribution in [3.8, 4) is 0 Å². The van der Waals surface area contributed by atoms with Gasteiger partial charge in [-0.05, 0) is 47.6 Å². The summed E-state index contributed by atoms with van der Waals surface area (Å²) in [4.78, 5) is 32.3. The molecule has 3 heterocycles. The molecule has 6 rings (SSSR count). The first kappa shape index (κ1) is 27.2. The molecule has 3 fully saturated rings. The number of hydrogen-bond acceptors (Lipinski definition) is 7. The van der Waals surface area contributed by atoms with E-state index in [2.05, 4.69) is 57.9 Å². The SMILES string of the molecule is CC12CC(N3CCN(c4ncc(F)cn4)CC3)CC1(C)CC1(C2)OCc2ccccc21.O=C(O)/C=C/C(=O)O. The highest BCUT2D eigenvalue weighted by Gasteiger charge is 2.65. The number of halogens is 1. The summed E-state index contributed by atoms with van der Waals surface area (Å²) in [5.74, 6) is -2.25. The van der Waals surface area contributed by atoms with E-state index in [9.17, 15) is 14.0 Å². The van der Waals surface area contributed by atoms with Gasteiger partial charge in [0.05, 0.1) is 24.6 Å². The van der Waals surface area contributed by atoms with E-state index in [4.69, 9.17) is 14.9 Å². The Morgan fingerprint density at radius 1 is 0.974 bits per heavy atom. The van der Waals surface area contributed by atoms with Gasteiger partial charge in [-0.1, -0.05) is 38.1 Å². The summed E-state index contributed by atoms with van der Waals surface area (Å²) in [7, 11) is 0. The zero-order valence-electron chi connectivity index (χ0n) is 22.3. The van der Waals surface area contributed by atoms with Crippen molar-refractivity contribution in [2.24, 2.45) is 10.8 Å². The van der Waals surface area contributed by atoms with Crippen molar-refractivity contribution in [2.75, 3.05) is 31.1 Å². The molecule has 1 aromatic carbocycles. The Morgan fingerprint density at radius 3 is 2.10 bits per heavy atom. The number of carboxylic acids is 2. The van der Waals surface area contributed by atoms with E-state index in [0.29, 0.717) is 35.0 Å².